The second-order valence-corrected chi connectivity index (χ2v) is 7.44. The van der Waals surface area contributed by atoms with E-state index in [0.717, 1.165) is 6.42 Å². The molecule has 0 aromatic heterocycles. The minimum Gasteiger partial charge on any atom is -0.493 e. The number of imide groups is 1. The second-order valence-electron chi connectivity index (χ2n) is 7.44. The number of benzene rings is 2. The molecule has 0 radical (unpaired) electrons. The SMILES string of the molecule is CCOc1ccc(CN2C(=O)c3ccccc3C2=O)cc1C(=O)NCCC(C)C. The summed E-state index contributed by atoms with van der Waals surface area (Å²) in [5, 5.41) is 2.92. The first-order chi connectivity index (χ1) is 13.9. The number of ether oxygens (including phenoxy) is 1. The number of carbonyl (C=O) groups excluding carboxylic acids is 3. The fraction of sp³-hybridized carbons (Fsp3) is 0.348. The van der Waals surface area contributed by atoms with E-state index >= 15 is 0 Å². The Hall–Kier alpha value is -3.15. The normalized spacial score (nSPS) is 13.0. The zero-order chi connectivity index (χ0) is 21.0. The molecule has 1 heterocycles. The highest BCUT2D eigenvalue weighted by atomic mass is 16.5. The third kappa shape index (κ3) is 4.47. The molecule has 1 aliphatic heterocycles. The van der Waals surface area contributed by atoms with Gasteiger partial charge in [0.15, 0.2) is 0 Å². The first-order valence-corrected chi connectivity index (χ1v) is 9.91. The lowest BCUT2D eigenvalue weighted by Crippen LogP contribution is -2.29. The number of hydrogen-bond donors (Lipinski definition) is 1. The average molecular weight is 394 g/mol. The molecule has 29 heavy (non-hydrogen) atoms. The fourth-order valence-electron chi connectivity index (χ4n) is 3.27. The highest BCUT2D eigenvalue weighted by molar-refractivity contribution is 6.21. The van der Waals surface area contributed by atoms with Crippen LogP contribution < -0.4 is 10.1 Å². The molecule has 1 N–H and O–H groups in total. The van der Waals surface area contributed by atoms with E-state index in [0.29, 0.717) is 47.1 Å². The minimum absolute atomic E-state index is 0.102. The van der Waals surface area contributed by atoms with Crippen molar-refractivity contribution in [1.29, 1.82) is 0 Å². The Morgan fingerprint density at radius 3 is 2.31 bits per heavy atom. The maximum absolute atomic E-state index is 12.7. The molecule has 2 aromatic carbocycles. The molecule has 0 unspecified atom stereocenters. The van der Waals surface area contributed by atoms with Gasteiger partial charge in [-0.15, -0.1) is 0 Å². The molecule has 0 atom stereocenters. The van der Waals surface area contributed by atoms with Crippen LogP contribution in [0.3, 0.4) is 0 Å². The van der Waals surface area contributed by atoms with Gasteiger partial charge in [-0.25, -0.2) is 0 Å². The molecule has 2 aromatic rings. The van der Waals surface area contributed by atoms with Crippen molar-refractivity contribution >= 4 is 17.7 Å². The van der Waals surface area contributed by atoms with Gasteiger partial charge >= 0.3 is 0 Å². The van der Waals surface area contributed by atoms with Crippen LogP contribution in [0.25, 0.3) is 0 Å². The first-order valence-electron chi connectivity index (χ1n) is 9.91. The van der Waals surface area contributed by atoms with Gasteiger partial charge in [0.25, 0.3) is 17.7 Å². The molecular weight excluding hydrogens is 368 g/mol. The van der Waals surface area contributed by atoms with Crippen molar-refractivity contribution in [2.75, 3.05) is 13.2 Å². The molecule has 0 spiro atoms. The molecular formula is C23H26N2O4. The minimum atomic E-state index is -0.317. The Morgan fingerprint density at radius 1 is 1.07 bits per heavy atom. The average Bonchev–Trinajstić information content (AvgIpc) is 2.94. The van der Waals surface area contributed by atoms with Crippen LogP contribution in [0.5, 0.6) is 5.75 Å². The van der Waals surface area contributed by atoms with Crippen LogP contribution >= 0.6 is 0 Å². The van der Waals surface area contributed by atoms with E-state index in [4.69, 9.17) is 4.74 Å². The molecule has 3 amide bonds. The lowest BCUT2D eigenvalue weighted by molar-refractivity contribution is 0.0642. The van der Waals surface area contributed by atoms with Crippen molar-refractivity contribution < 1.29 is 19.1 Å². The Labute approximate surface area is 170 Å². The second kappa shape index (κ2) is 8.90. The number of carbonyl (C=O) groups is 3. The maximum atomic E-state index is 12.7. The lowest BCUT2D eigenvalue weighted by Gasteiger charge is -2.16. The van der Waals surface area contributed by atoms with Gasteiger partial charge in [-0.05, 0) is 49.1 Å². The highest BCUT2D eigenvalue weighted by Gasteiger charge is 2.35. The van der Waals surface area contributed by atoms with Gasteiger partial charge < -0.3 is 10.1 Å². The smallest absolute Gasteiger partial charge is 0.261 e. The molecule has 0 aliphatic carbocycles. The summed E-state index contributed by atoms with van der Waals surface area (Å²) < 4.78 is 5.60. The van der Waals surface area contributed by atoms with Crippen molar-refractivity contribution in [1.82, 2.24) is 10.2 Å². The molecule has 0 fully saturated rings. The third-order valence-corrected chi connectivity index (χ3v) is 4.81. The van der Waals surface area contributed by atoms with Gasteiger partial charge in [-0.1, -0.05) is 32.0 Å². The zero-order valence-corrected chi connectivity index (χ0v) is 17.0. The largest absolute Gasteiger partial charge is 0.493 e. The summed E-state index contributed by atoms with van der Waals surface area (Å²) in [6.45, 7) is 7.16. The van der Waals surface area contributed by atoms with Crippen LogP contribution in [-0.4, -0.2) is 35.8 Å². The Balaban J connectivity index is 1.81. The van der Waals surface area contributed by atoms with E-state index in [1.807, 2.05) is 6.92 Å². The maximum Gasteiger partial charge on any atom is 0.261 e. The van der Waals surface area contributed by atoms with Crippen LogP contribution in [0.2, 0.25) is 0 Å². The number of nitrogens with zero attached hydrogens (tertiary/aromatic N) is 1. The molecule has 1 aliphatic rings. The quantitative estimate of drug-likeness (QED) is 0.694. The summed E-state index contributed by atoms with van der Waals surface area (Å²) >= 11 is 0. The monoisotopic (exact) mass is 394 g/mol. The van der Waals surface area contributed by atoms with Gasteiger partial charge in [0.2, 0.25) is 0 Å². The molecule has 6 nitrogen and oxygen atoms in total. The Morgan fingerprint density at radius 2 is 1.72 bits per heavy atom. The van der Waals surface area contributed by atoms with Crippen LogP contribution in [-0.2, 0) is 6.54 Å². The lowest BCUT2D eigenvalue weighted by atomic mass is 10.1. The number of fused-ring (bicyclic) bond motifs is 1. The van der Waals surface area contributed by atoms with E-state index in [1.54, 1.807) is 42.5 Å². The van der Waals surface area contributed by atoms with Crippen LogP contribution in [0.1, 0.15) is 63.8 Å². The third-order valence-electron chi connectivity index (χ3n) is 4.81. The van der Waals surface area contributed by atoms with E-state index in [2.05, 4.69) is 19.2 Å². The molecule has 152 valence electrons. The van der Waals surface area contributed by atoms with Gasteiger partial charge in [-0.3, -0.25) is 19.3 Å². The zero-order valence-electron chi connectivity index (χ0n) is 17.0. The standard InChI is InChI=1S/C23H26N2O4/c1-4-29-20-10-9-16(13-19(20)21(26)24-12-11-15(2)3)14-25-22(27)17-7-5-6-8-18(17)23(25)28/h5-10,13,15H,4,11-12,14H2,1-3H3,(H,24,26). The number of hydrogen-bond acceptors (Lipinski definition) is 4. The molecule has 3 rings (SSSR count). The predicted molar refractivity (Wildman–Crippen MR) is 110 cm³/mol. The van der Waals surface area contributed by atoms with Crippen molar-refractivity contribution in [2.24, 2.45) is 5.92 Å². The molecule has 0 saturated carbocycles. The van der Waals surface area contributed by atoms with Gasteiger partial charge in [0.1, 0.15) is 5.75 Å². The highest BCUT2D eigenvalue weighted by Crippen LogP contribution is 2.26. The van der Waals surface area contributed by atoms with E-state index < -0.39 is 0 Å². The molecule has 0 saturated heterocycles. The van der Waals surface area contributed by atoms with Gasteiger partial charge in [-0.2, -0.15) is 0 Å². The molecule has 0 bridgehead atoms. The Bertz CT molecular complexity index is 901. The topological polar surface area (TPSA) is 75.7 Å². The van der Waals surface area contributed by atoms with Crippen LogP contribution in [0.15, 0.2) is 42.5 Å². The van der Waals surface area contributed by atoms with E-state index in [1.165, 1.54) is 4.90 Å². The summed E-state index contributed by atoms with van der Waals surface area (Å²) in [5.41, 5.74) is 1.92. The number of amides is 3. The van der Waals surface area contributed by atoms with Crippen molar-refractivity contribution in [3.05, 3.63) is 64.7 Å². The summed E-state index contributed by atoms with van der Waals surface area (Å²) in [6, 6.07) is 12.0. The molecule has 6 heteroatoms. The summed E-state index contributed by atoms with van der Waals surface area (Å²) in [5.74, 6) is 0.116. The number of rotatable bonds is 8. The van der Waals surface area contributed by atoms with Crippen molar-refractivity contribution in [3.8, 4) is 5.75 Å². The summed E-state index contributed by atoms with van der Waals surface area (Å²) in [7, 11) is 0. The van der Waals surface area contributed by atoms with Crippen LogP contribution in [0, 0.1) is 5.92 Å². The van der Waals surface area contributed by atoms with E-state index in [-0.39, 0.29) is 24.3 Å². The van der Waals surface area contributed by atoms with Gasteiger partial charge in [0, 0.05) is 6.54 Å². The number of nitrogens with one attached hydrogen (secondary N) is 1. The van der Waals surface area contributed by atoms with Crippen molar-refractivity contribution in [2.45, 2.75) is 33.7 Å². The summed E-state index contributed by atoms with van der Waals surface area (Å²) in [6.07, 6.45) is 0.879. The Kier molecular flexibility index (Phi) is 6.32. The van der Waals surface area contributed by atoms with E-state index in [9.17, 15) is 14.4 Å². The summed E-state index contributed by atoms with van der Waals surface area (Å²) in [4.78, 5) is 39.1. The first kappa shape index (κ1) is 20.6. The fourth-order valence-corrected chi connectivity index (χ4v) is 3.27. The van der Waals surface area contributed by atoms with Crippen molar-refractivity contribution in [3.63, 3.8) is 0 Å². The predicted octanol–water partition coefficient (Wildman–Crippen LogP) is 3.66. The van der Waals surface area contributed by atoms with Crippen LogP contribution in [0.4, 0.5) is 0 Å². The van der Waals surface area contributed by atoms with Gasteiger partial charge in [0.05, 0.1) is 29.8 Å².